The smallest absolute Gasteiger partial charge is 0.228 e. The number of carbonyl (C=O) groups is 2. The van der Waals surface area contributed by atoms with Gasteiger partial charge in [0.2, 0.25) is 11.8 Å². The van der Waals surface area contributed by atoms with Crippen molar-refractivity contribution in [1.29, 1.82) is 0 Å². The van der Waals surface area contributed by atoms with Gasteiger partial charge in [0.1, 0.15) is 0 Å². The minimum atomic E-state index is -0.172. The fraction of sp³-hybridized carbons (Fsp3) is 0.600. The minimum absolute atomic E-state index is 0.115. The first-order chi connectivity index (χ1) is 12.5. The summed E-state index contributed by atoms with van der Waals surface area (Å²) in [6.45, 7) is 7.40. The SMILES string of the molecule is Cc1ccccc1N1CCN(C(=O)C2CC(=O)N(CCN(C)C)C2)CC1. The van der Waals surface area contributed by atoms with Crippen LogP contribution in [0.3, 0.4) is 0 Å². The third-order valence-corrected chi connectivity index (χ3v) is 5.43. The van der Waals surface area contributed by atoms with Crippen molar-refractivity contribution in [1.82, 2.24) is 14.7 Å². The first kappa shape index (κ1) is 18.7. The molecule has 6 heteroatoms. The maximum atomic E-state index is 12.9. The van der Waals surface area contributed by atoms with E-state index >= 15 is 0 Å². The van der Waals surface area contributed by atoms with Crippen LogP contribution in [0.5, 0.6) is 0 Å². The second-order valence-electron chi connectivity index (χ2n) is 7.64. The highest BCUT2D eigenvalue weighted by Gasteiger charge is 2.37. The van der Waals surface area contributed by atoms with Gasteiger partial charge in [0.05, 0.1) is 5.92 Å². The normalized spacial score (nSPS) is 21.0. The molecule has 0 bridgehead atoms. The number of piperazine rings is 1. The Balaban J connectivity index is 1.53. The van der Waals surface area contributed by atoms with Gasteiger partial charge < -0.3 is 19.6 Å². The quantitative estimate of drug-likeness (QED) is 0.790. The Morgan fingerprint density at radius 2 is 1.85 bits per heavy atom. The van der Waals surface area contributed by atoms with Crippen molar-refractivity contribution in [2.24, 2.45) is 5.92 Å². The van der Waals surface area contributed by atoms with Crippen molar-refractivity contribution in [2.75, 3.05) is 64.8 Å². The largest absolute Gasteiger partial charge is 0.368 e. The summed E-state index contributed by atoms with van der Waals surface area (Å²) < 4.78 is 0. The molecule has 2 aliphatic rings. The van der Waals surface area contributed by atoms with Crippen molar-refractivity contribution < 1.29 is 9.59 Å². The molecule has 1 aromatic carbocycles. The number of rotatable bonds is 5. The molecule has 0 aromatic heterocycles. The van der Waals surface area contributed by atoms with Crippen molar-refractivity contribution in [3.8, 4) is 0 Å². The van der Waals surface area contributed by atoms with Gasteiger partial charge in [-0.15, -0.1) is 0 Å². The van der Waals surface area contributed by atoms with E-state index in [1.165, 1.54) is 11.3 Å². The Morgan fingerprint density at radius 1 is 1.15 bits per heavy atom. The van der Waals surface area contributed by atoms with Crippen LogP contribution in [0.25, 0.3) is 0 Å². The van der Waals surface area contributed by atoms with Gasteiger partial charge in [-0.2, -0.15) is 0 Å². The third kappa shape index (κ3) is 4.18. The molecule has 2 heterocycles. The number of benzene rings is 1. The number of carbonyl (C=O) groups excluding carboxylic acids is 2. The highest BCUT2D eigenvalue weighted by Crippen LogP contribution is 2.24. The first-order valence-electron chi connectivity index (χ1n) is 9.47. The molecule has 2 amide bonds. The van der Waals surface area contributed by atoms with E-state index in [0.29, 0.717) is 19.5 Å². The number of amides is 2. The van der Waals surface area contributed by atoms with E-state index in [0.717, 1.165) is 32.7 Å². The van der Waals surface area contributed by atoms with Gasteiger partial charge in [-0.1, -0.05) is 18.2 Å². The highest BCUT2D eigenvalue weighted by molar-refractivity contribution is 5.89. The van der Waals surface area contributed by atoms with Crippen LogP contribution in [-0.4, -0.2) is 86.4 Å². The van der Waals surface area contributed by atoms with Gasteiger partial charge in [0.25, 0.3) is 0 Å². The van der Waals surface area contributed by atoms with Gasteiger partial charge in [-0.3, -0.25) is 9.59 Å². The summed E-state index contributed by atoms with van der Waals surface area (Å²) in [5, 5.41) is 0. The Hall–Kier alpha value is -2.08. The molecule has 1 atom stereocenters. The molecule has 2 fully saturated rings. The molecule has 0 spiro atoms. The maximum Gasteiger partial charge on any atom is 0.228 e. The van der Waals surface area contributed by atoms with Crippen LogP contribution in [-0.2, 0) is 9.59 Å². The van der Waals surface area contributed by atoms with E-state index in [1.54, 1.807) is 0 Å². The summed E-state index contributed by atoms with van der Waals surface area (Å²) in [4.78, 5) is 33.2. The van der Waals surface area contributed by atoms with Gasteiger partial charge >= 0.3 is 0 Å². The summed E-state index contributed by atoms with van der Waals surface area (Å²) in [6.07, 6.45) is 0.365. The fourth-order valence-electron chi connectivity index (χ4n) is 3.82. The van der Waals surface area contributed by atoms with Crippen LogP contribution in [0.4, 0.5) is 5.69 Å². The number of likely N-dealkylation sites (tertiary alicyclic amines) is 1. The molecule has 0 radical (unpaired) electrons. The van der Waals surface area contributed by atoms with E-state index in [9.17, 15) is 9.59 Å². The molecule has 2 aliphatic heterocycles. The highest BCUT2D eigenvalue weighted by atomic mass is 16.2. The molecular formula is C20H30N4O2. The third-order valence-electron chi connectivity index (χ3n) is 5.43. The summed E-state index contributed by atoms with van der Waals surface area (Å²) in [7, 11) is 3.99. The molecule has 0 saturated carbocycles. The topological polar surface area (TPSA) is 47.1 Å². The number of anilines is 1. The molecule has 1 unspecified atom stereocenters. The lowest BCUT2D eigenvalue weighted by molar-refractivity contribution is -0.136. The predicted molar refractivity (Wildman–Crippen MR) is 103 cm³/mol. The van der Waals surface area contributed by atoms with Crippen LogP contribution >= 0.6 is 0 Å². The van der Waals surface area contributed by atoms with Crippen molar-refractivity contribution in [2.45, 2.75) is 13.3 Å². The zero-order valence-electron chi connectivity index (χ0n) is 16.1. The van der Waals surface area contributed by atoms with Crippen LogP contribution in [0.1, 0.15) is 12.0 Å². The standard InChI is InChI=1S/C20H30N4O2/c1-16-6-4-5-7-18(16)22-10-12-23(13-11-22)20(26)17-14-19(25)24(15-17)9-8-21(2)3/h4-7,17H,8-15H2,1-3H3. The second-order valence-corrected chi connectivity index (χ2v) is 7.64. The van der Waals surface area contributed by atoms with Crippen molar-refractivity contribution >= 4 is 17.5 Å². The Bertz CT molecular complexity index is 653. The number of hydrogen-bond acceptors (Lipinski definition) is 4. The molecule has 0 N–H and O–H groups in total. The van der Waals surface area contributed by atoms with Gasteiger partial charge in [-0.25, -0.2) is 0 Å². The minimum Gasteiger partial charge on any atom is -0.368 e. The van der Waals surface area contributed by atoms with Crippen molar-refractivity contribution in [3.05, 3.63) is 29.8 Å². The van der Waals surface area contributed by atoms with Gasteiger partial charge in [-0.05, 0) is 32.6 Å². The number of likely N-dealkylation sites (N-methyl/N-ethyl adjacent to an activating group) is 1. The van der Waals surface area contributed by atoms with Gasteiger partial charge in [0, 0.05) is 57.9 Å². The van der Waals surface area contributed by atoms with E-state index in [1.807, 2.05) is 23.9 Å². The first-order valence-corrected chi connectivity index (χ1v) is 9.47. The summed E-state index contributed by atoms with van der Waals surface area (Å²) >= 11 is 0. The van der Waals surface area contributed by atoms with E-state index in [2.05, 4.69) is 41.0 Å². The van der Waals surface area contributed by atoms with E-state index in [4.69, 9.17) is 0 Å². The summed E-state index contributed by atoms with van der Waals surface area (Å²) in [6, 6.07) is 8.38. The van der Waals surface area contributed by atoms with Crippen molar-refractivity contribution in [3.63, 3.8) is 0 Å². The number of para-hydroxylation sites is 1. The maximum absolute atomic E-state index is 12.9. The second kappa shape index (κ2) is 8.08. The number of aryl methyl sites for hydroxylation is 1. The Morgan fingerprint density at radius 3 is 2.50 bits per heavy atom. The molecule has 2 saturated heterocycles. The molecule has 0 aliphatic carbocycles. The van der Waals surface area contributed by atoms with Crippen LogP contribution < -0.4 is 4.90 Å². The summed E-state index contributed by atoms with van der Waals surface area (Å²) in [5.41, 5.74) is 2.52. The van der Waals surface area contributed by atoms with Crippen LogP contribution in [0.2, 0.25) is 0 Å². The van der Waals surface area contributed by atoms with Crippen LogP contribution in [0.15, 0.2) is 24.3 Å². The number of nitrogens with zero attached hydrogens (tertiary/aromatic N) is 4. The van der Waals surface area contributed by atoms with Crippen LogP contribution in [0, 0.1) is 12.8 Å². The molecule has 6 nitrogen and oxygen atoms in total. The molecule has 1 aromatic rings. The molecule has 26 heavy (non-hydrogen) atoms. The lowest BCUT2D eigenvalue weighted by Gasteiger charge is -2.37. The van der Waals surface area contributed by atoms with Gasteiger partial charge in [0.15, 0.2) is 0 Å². The zero-order chi connectivity index (χ0) is 18.7. The van der Waals surface area contributed by atoms with E-state index in [-0.39, 0.29) is 17.7 Å². The average molecular weight is 358 g/mol. The Labute approximate surface area is 156 Å². The summed E-state index contributed by atoms with van der Waals surface area (Å²) in [5.74, 6) is 0.0913. The molecular weight excluding hydrogens is 328 g/mol. The zero-order valence-corrected chi connectivity index (χ0v) is 16.1. The predicted octanol–water partition coefficient (Wildman–Crippen LogP) is 1.05. The number of hydrogen-bond donors (Lipinski definition) is 0. The lowest BCUT2D eigenvalue weighted by Crippen LogP contribution is -2.51. The molecule has 142 valence electrons. The molecule has 3 rings (SSSR count). The fourth-order valence-corrected chi connectivity index (χ4v) is 3.82. The monoisotopic (exact) mass is 358 g/mol. The average Bonchev–Trinajstić information content (AvgIpc) is 3.01. The lowest BCUT2D eigenvalue weighted by atomic mass is 10.1. The van der Waals surface area contributed by atoms with E-state index < -0.39 is 0 Å². The Kier molecular flexibility index (Phi) is 5.81.